The van der Waals surface area contributed by atoms with Gasteiger partial charge in [0.1, 0.15) is 12.1 Å². The van der Waals surface area contributed by atoms with Crippen LogP contribution in [-0.2, 0) is 4.79 Å². The fraction of sp³-hybridized carbons (Fsp3) is 0.533. The van der Waals surface area contributed by atoms with E-state index in [1.165, 1.54) is 0 Å². The van der Waals surface area contributed by atoms with E-state index in [0.29, 0.717) is 6.04 Å². The molecular formula is C15H18N4OS. The Kier molecular flexibility index (Phi) is 3.25. The summed E-state index contributed by atoms with van der Waals surface area (Å²) >= 11 is 1.69. The van der Waals surface area contributed by atoms with Crippen molar-refractivity contribution in [2.24, 2.45) is 5.92 Å². The third-order valence-electron chi connectivity index (χ3n) is 4.31. The van der Waals surface area contributed by atoms with Crippen molar-refractivity contribution in [2.75, 3.05) is 18.0 Å². The van der Waals surface area contributed by atoms with Crippen LogP contribution in [0.15, 0.2) is 17.8 Å². The number of thiophene rings is 1. The third kappa shape index (κ3) is 2.60. The van der Waals surface area contributed by atoms with E-state index in [4.69, 9.17) is 0 Å². The number of anilines is 1. The van der Waals surface area contributed by atoms with Gasteiger partial charge in [-0.3, -0.25) is 4.79 Å². The van der Waals surface area contributed by atoms with Gasteiger partial charge >= 0.3 is 0 Å². The van der Waals surface area contributed by atoms with Crippen molar-refractivity contribution in [3.05, 3.63) is 17.8 Å². The second-order valence-electron chi connectivity index (χ2n) is 5.88. The van der Waals surface area contributed by atoms with Crippen LogP contribution in [0.1, 0.15) is 25.7 Å². The topological polar surface area (TPSA) is 58.1 Å². The molecule has 0 spiro atoms. The zero-order valence-corrected chi connectivity index (χ0v) is 12.6. The van der Waals surface area contributed by atoms with E-state index < -0.39 is 0 Å². The number of nitrogens with zero attached hydrogens (tertiary/aromatic N) is 3. The van der Waals surface area contributed by atoms with Gasteiger partial charge in [-0.2, -0.15) is 0 Å². The maximum absolute atomic E-state index is 12.1. The van der Waals surface area contributed by atoms with E-state index in [1.807, 2.05) is 6.07 Å². The minimum absolute atomic E-state index is 0.169. The molecule has 6 heteroatoms. The van der Waals surface area contributed by atoms with Crippen molar-refractivity contribution in [3.63, 3.8) is 0 Å². The molecule has 1 saturated heterocycles. The van der Waals surface area contributed by atoms with Gasteiger partial charge in [0, 0.05) is 25.0 Å². The highest BCUT2D eigenvalue weighted by Gasteiger charge is 2.30. The number of hydrogen-bond donors (Lipinski definition) is 1. The van der Waals surface area contributed by atoms with Crippen molar-refractivity contribution < 1.29 is 4.79 Å². The van der Waals surface area contributed by atoms with Crippen LogP contribution in [0, 0.1) is 5.92 Å². The van der Waals surface area contributed by atoms with Crippen molar-refractivity contribution in [1.82, 2.24) is 15.3 Å². The summed E-state index contributed by atoms with van der Waals surface area (Å²) in [7, 11) is 0. The van der Waals surface area contributed by atoms with E-state index in [-0.39, 0.29) is 11.8 Å². The number of fused-ring (bicyclic) bond motifs is 1. The number of rotatable bonds is 3. The minimum atomic E-state index is 0.169. The molecule has 0 unspecified atom stereocenters. The number of aromatic nitrogens is 2. The minimum Gasteiger partial charge on any atom is -0.355 e. The average molecular weight is 302 g/mol. The molecule has 3 heterocycles. The maximum Gasteiger partial charge on any atom is 0.223 e. The van der Waals surface area contributed by atoms with Crippen LogP contribution in [0.4, 0.5) is 5.82 Å². The predicted molar refractivity (Wildman–Crippen MR) is 83.5 cm³/mol. The molecule has 5 nitrogen and oxygen atoms in total. The van der Waals surface area contributed by atoms with Gasteiger partial charge in [0.2, 0.25) is 5.91 Å². The van der Waals surface area contributed by atoms with Crippen LogP contribution in [0.3, 0.4) is 0 Å². The summed E-state index contributed by atoms with van der Waals surface area (Å²) in [5, 5.41) is 5.18. The first kappa shape index (κ1) is 13.0. The van der Waals surface area contributed by atoms with Gasteiger partial charge in [-0.15, -0.1) is 11.3 Å². The van der Waals surface area contributed by atoms with Crippen molar-refractivity contribution in [3.8, 4) is 0 Å². The highest BCUT2D eigenvalue weighted by Crippen LogP contribution is 2.31. The van der Waals surface area contributed by atoms with E-state index in [0.717, 1.165) is 54.8 Å². The number of carbonyl (C=O) groups is 1. The molecule has 2 aromatic heterocycles. The van der Waals surface area contributed by atoms with E-state index in [9.17, 15) is 4.79 Å². The lowest BCUT2D eigenvalue weighted by atomic mass is 9.96. The van der Waals surface area contributed by atoms with Crippen LogP contribution in [0.25, 0.3) is 10.2 Å². The molecule has 21 heavy (non-hydrogen) atoms. The summed E-state index contributed by atoms with van der Waals surface area (Å²) in [6, 6.07) is 2.49. The highest BCUT2D eigenvalue weighted by atomic mass is 32.1. The first-order valence-corrected chi connectivity index (χ1v) is 8.43. The Morgan fingerprint density at radius 2 is 2.05 bits per heavy atom. The van der Waals surface area contributed by atoms with E-state index in [2.05, 4.69) is 25.6 Å². The monoisotopic (exact) mass is 302 g/mol. The predicted octanol–water partition coefficient (Wildman–Crippen LogP) is 2.19. The molecule has 1 aliphatic heterocycles. The Bertz CT molecular complexity index is 658. The Hall–Kier alpha value is -1.69. The molecule has 1 amide bonds. The molecule has 0 bridgehead atoms. The lowest BCUT2D eigenvalue weighted by molar-refractivity contribution is -0.125. The van der Waals surface area contributed by atoms with Crippen LogP contribution in [0.5, 0.6) is 0 Å². The summed E-state index contributed by atoms with van der Waals surface area (Å²) < 4.78 is 1.15. The van der Waals surface area contributed by atoms with Gasteiger partial charge in [-0.25, -0.2) is 9.97 Å². The molecular weight excluding hydrogens is 284 g/mol. The molecule has 2 aliphatic rings. The molecule has 2 fully saturated rings. The molecule has 1 N–H and O–H groups in total. The van der Waals surface area contributed by atoms with Crippen LogP contribution in [-0.4, -0.2) is 35.0 Å². The Balaban J connectivity index is 1.44. The second kappa shape index (κ2) is 5.26. The standard InChI is InChI=1S/C15H18N4OS/c20-15(18-11-1-2-11)10-3-6-19(7-4-10)14-13-12(5-8-21-13)16-9-17-14/h5,8-11H,1-4,6-7H2,(H,18,20). The van der Waals surface area contributed by atoms with Gasteiger partial charge < -0.3 is 10.2 Å². The summed E-state index contributed by atoms with van der Waals surface area (Å²) in [6.45, 7) is 1.79. The normalized spacial score (nSPS) is 19.9. The fourth-order valence-electron chi connectivity index (χ4n) is 2.90. The van der Waals surface area contributed by atoms with E-state index in [1.54, 1.807) is 17.7 Å². The van der Waals surface area contributed by atoms with Gasteiger partial charge in [0.25, 0.3) is 0 Å². The third-order valence-corrected chi connectivity index (χ3v) is 5.21. The first-order chi connectivity index (χ1) is 10.3. The Morgan fingerprint density at radius 3 is 2.81 bits per heavy atom. The zero-order chi connectivity index (χ0) is 14.2. The van der Waals surface area contributed by atoms with Crippen LogP contribution >= 0.6 is 11.3 Å². The maximum atomic E-state index is 12.1. The Labute approximate surface area is 127 Å². The number of carbonyl (C=O) groups excluding carboxylic acids is 1. The van der Waals surface area contributed by atoms with E-state index >= 15 is 0 Å². The van der Waals surface area contributed by atoms with Crippen LogP contribution in [0.2, 0.25) is 0 Å². The molecule has 1 aliphatic carbocycles. The van der Waals surface area contributed by atoms with Crippen molar-refractivity contribution >= 4 is 33.3 Å². The quantitative estimate of drug-likeness (QED) is 0.944. The number of nitrogens with one attached hydrogen (secondary N) is 1. The molecule has 4 rings (SSSR count). The molecule has 1 saturated carbocycles. The molecule has 2 aromatic rings. The van der Waals surface area contributed by atoms with Crippen LogP contribution < -0.4 is 10.2 Å². The first-order valence-electron chi connectivity index (χ1n) is 7.55. The number of hydrogen-bond acceptors (Lipinski definition) is 5. The van der Waals surface area contributed by atoms with Gasteiger partial charge in [0.15, 0.2) is 0 Å². The number of piperidine rings is 1. The molecule has 0 atom stereocenters. The number of amides is 1. The summed E-state index contributed by atoms with van der Waals surface area (Å²) in [4.78, 5) is 23.1. The Morgan fingerprint density at radius 1 is 1.24 bits per heavy atom. The van der Waals surface area contributed by atoms with Gasteiger partial charge in [-0.1, -0.05) is 0 Å². The fourth-order valence-corrected chi connectivity index (χ4v) is 3.76. The van der Waals surface area contributed by atoms with Gasteiger partial charge in [0.05, 0.1) is 10.2 Å². The largest absolute Gasteiger partial charge is 0.355 e. The zero-order valence-electron chi connectivity index (χ0n) is 11.8. The molecule has 110 valence electrons. The summed E-state index contributed by atoms with van der Waals surface area (Å²) in [5.74, 6) is 1.44. The highest BCUT2D eigenvalue weighted by molar-refractivity contribution is 7.17. The molecule has 0 aromatic carbocycles. The average Bonchev–Trinajstić information content (AvgIpc) is 3.20. The van der Waals surface area contributed by atoms with Crippen molar-refractivity contribution in [1.29, 1.82) is 0 Å². The SMILES string of the molecule is O=C(NC1CC1)C1CCN(c2ncnc3ccsc23)CC1. The lowest BCUT2D eigenvalue weighted by Crippen LogP contribution is -2.41. The summed E-state index contributed by atoms with van der Waals surface area (Å²) in [5.41, 5.74) is 1.01. The second-order valence-corrected chi connectivity index (χ2v) is 6.79. The smallest absolute Gasteiger partial charge is 0.223 e. The lowest BCUT2D eigenvalue weighted by Gasteiger charge is -2.32. The molecule has 0 radical (unpaired) electrons. The van der Waals surface area contributed by atoms with Crippen molar-refractivity contribution in [2.45, 2.75) is 31.7 Å². The summed E-state index contributed by atoms with van der Waals surface area (Å²) in [6.07, 6.45) is 5.77. The van der Waals surface area contributed by atoms with Gasteiger partial charge in [-0.05, 0) is 37.1 Å².